The lowest BCUT2D eigenvalue weighted by Gasteiger charge is -2.23. The molecule has 3 aromatic rings. The van der Waals surface area contributed by atoms with Gasteiger partial charge in [-0.15, -0.1) is 0 Å². The van der Waals surface area contributed by atoms with Crippen molar-refractivity contribution in [2.45, 2.75) is 44.8 Å². The highest BCUT2D eigenvalue weighted by molar-refractivity contribution is 5.94. The summed E-state index contributed by atoms with van der Waals surface area (Å²) in [7, 11) is 0. The molecule has 6 N–H and O–H groups in total. The summed E-state index contributed by atoms with van der Waals surface area (Å²) in [4.78, 5) is 26.3. The van der Waals surface area contributed by atoms with E-state index >= 15 is 0 Å². The van der Waals surface area contributed by atoms with E-state index in [9.17, 15) is 9.18 Å². The fraction of sp³-hybridized carbons (Fsp3) is 0.484. The number of hydrogen-bond acceptors (Lipinski definition) is 10. The lowest BCUT2D eigenvalue weighted by atomic mass is 9.95. The van der Waals surface area contributed by atoms with Crippen LogP contribution in [0.25, 0.3) is 0 Å². The number of fused-ring (bicyclic) bond motifs is 2. The summed E-state index contributed by atoms with van der Waals surface area (Å²) in [6.07, 6.45) is 4.99. The van der Waals surface area contributed by atoms with Gasteiger partial charge in [0.25, 0.3) is 5.91 Å². The van der Waals surface area contributed by atoms with Gasteiger partial charge in [0.1, 0.15) is 5.82 Å². The van der Waals surface area contributed by atoms with Crippen LogP contribution in [0.2, 0.25) is 0 Å². The average Bonchev–Trinajstić information content (AvgIpc) is 3.65. The van der Waals surface area contributed by atoms with Gasteiger partial charge in [-0.2, -0.15) is 15.0 Å². The summed E-state index contributed by atoms with van der Waals surface area (Å²) in [5.74, 6) is 2.45. The van der Waals surface area contributed by atoms with Crippen molar-refractivity contribution in [2.75, 3.05) is 55.5 Å². The van der Waals surface area contributed by atoms with E-state index in [2.05, 4.69) is 36.2 Å². The highest BCUT2D eigenvalue weighted by atomic mass is 19.1. The smallest absolute Gasteiger partial charge is 0.251 e. The summed E-state index contributed by atoms with van der Waals surface area (Å²) in [6.45, 7) is 3.69. The first-order chi connectivity index (χ1) is 21.1. The topological polar surface area (TPSA) is 148 Å². The second kappa shape index (κ2) is 15.6. The normalized spacial score (nSPS) is 18.9. The Morgan fingerprint density at radius 1 is 0.814 bits per heavy atom. The Morgan fingerprint density at radius 3 is 2.05 bits per heavy atom. The van der Waals surface area contributed by atoms with Crippen LogP contribution in [0.4, 0.5) is 22.2 Å². The molecule has 0 spiro atoms. The van der Waals surface area contributed by atoms with Gasteiger partial charge < -0.3 is 36.5 Å². The Balaban J connectivity index is 1.14. The molecule has 1 amide bonds. The second-order valence-corrected chi connectivity index (χ2v) is 11.0. The van der Waals surface area contributed by atoms with Crippen molar-refractivity contribution in [1.82, 2.24) is 20.3 Å². The molecule has 11 nitrogen and oxygen atoms in total. The highest BCUT2D eigenvalue weighted by Gasteiger charge is 2.39. The Hall–Kier alpha value is -3.87. The third kappa shape index (κ3) is 9.31. The number of aromatic nitrogens is 3. The van der Waals surface area contributed by atoms with Gasteiger partial charge in [0, 0.05) is 37.8 Å². The molecule has 2 fully saturated rings. The number of carbonyl (C=O) groups is 1. The molecule has 2 aliphatic carbocycles. The van der Waals surface area contributed by atoms with Gasteiger partial charge in [0.15, 0.2) is 0 Å². The number of hydrogen-bond donors (Lipinski definition) is 5. The summed E-state index contributed by atoms with van der Waals surface area (Å²) in [5.41, 5.74) is 7.83. The molecule has 2 aromatic carbocycles. The summed E-state index contributed by atoms with van der Waals surface area (Å²) >= 11 is 0. The molecule has 12 heteroatoms. The fourth-order valence-electron chi connectivity index (χ4n) is 5.67. The Morgan fingerprint density at radius 2 is 1.44 bits per heavy atom. The zero-order chi connectivity index (χ0) is 29.9. The number of anilines is 3. The van der Waals surface area contributed by atoms with E-state index in [1.165, 1.54) is 31.4 Å². The summed E-state index contributed by atoms with van der Waals surface area (Å²) in [6, 6.07) is 14.1. The minimum absolute atomic E-state index is 0.159. The lowest BCUT2D eigenvalue weighted by Crippen LogP contribution is -2.27. The van der Waals surface area contributed by atoms with Crippen LogP contribution in [-0.2, 0) is 22.6 Å². The summed E-state index contributed by atoms with van der Waals surface area (Å²) in [5, 5.41) is 13.0. The maximum absolute atomic E-state index is 13.3. The van der Waals surface area contributed by atoms with Gasteiger partial charge >= 0.3 is 0 Å². The standard InChI is InChI=1S/C31H41FN8O3/c32-26-9-4-22(5-10-26)20-36-30-38-29(39-31(40-30)37-27-18-23-3-8-25(27)17-23)35-19-21-1-6-24(7-2-21)28(41)34-12-14-43-16-15-42-13-11-33/h1-2,4-7,9-10,23,25,27H,3,8,11-20,33H2,(H,34,41)(H3,35,36,37,38,39,40). The van der Waals surface area contributed by atoms with Crippen LogP contribution in [0.1, 0.15) is 47.2 Å². The predicted octanol–water partition coefficient (Wildman–Crippen LogP) is 3.56. The van der Waals surface area contributed by atoms with Crippen molar-refractivity contribution in [2.24, 2.45) is 17.6 Å². The van der Waals surface area contributed by atoms with Crippen LogP contribution in [-0.4, -0.2) is 66.4 Å². The van der Waals surface area contributed by atoms with Gasteiger partial charge in [-0.1, -0.05) is 30.7 Å². The summed E-state index contributed by atoms with van der Waals surface area (Å²) < 4.78 is 24.0. The molecular weight excluding hydrogens is 551 g/mol. The number of carbonyl (C=O) groups excluding carboxylic acids is 1. The second-order valence-electron chi connectivity index (χ2n) is 11.0. The third-order valence-corrected chi connectivity index (χ3v) is 7.88. The molecule has 5 rings (SSSR count). The van der Waals surface area contributed by atoms with Gasteiger partial charge in [0.2, 0.25) is 17.8 Å². The molecule has 0 saturated heterocycles. The largest absolute Gasteiger partial charge is 0.378 e. The van der Waals surface area contributed by atoms with E-state index in [1.54, 1.807) is 24.3 Å². The zero-order valence-corrected chi connectivity index (χ0v) is 24.4. The Kier molecular flexibility index (Phi) is 11.1. The molecule has 1 aromatic heterocycles. The van der Waals surface area contributed by atoms with E-state index in [4.69, 9.17) is 15.2 Å². The Bertz CT molecular complexity index is 1310. The number of halogens is 1. The van der Waals surface area contributed by atoms with E-state index in [1.807, 2.05) is 12.1 Å². The number of nitrogens with one attached hydrogen (secondary N) is 4. The molecule has 43 heavy (non-hydrogen) atoms. The molecule has 1 heterocycles. The van der Waals surface area contributed by atoms with Crippen LogP contribution in [0.3, 0.4) is 0 Å². The molecule has 2 bridgehead atoms. The number of ether oxygens (including phenoxy) is 2. The van der Waals surface area contributed by atoms with Crippen molar-refractivity contribution in [3.05, 3.63) is 71.0 Å². The van der Waals surface area contributed by atoms with E-state index in [-0.39, 0.29) is 11.7 Å². The molecule has 230 valence electrons. The molecule has 0 radical (unpaired) electrons. The maximum Gasteiger partial charge on any atom is 0.251 e. The molecule has 0 aliphatic heterocycles. The van der Waals surface area contributed by atoms with E-state index in [0.29, 0.717) is 88.0 Å². The minimum Gasteiger partial charge on any atom is -0.378 e. The number of rotatable bonds is 17. The van der Waals surface area contributed by atoms with Crippen molar-refractivity contribution >= 4 is 23.8 Å². The highest BCUT2D eigenvalue weighted by Crippen LogP contribution is 2.45. The molecule has 2 aliphatic rings. The van der Waals surface area contributed by atoms with Gasteiger partial charge in [-0.3, -0.25) is 4.79 Å². The first kappa shape index (κ1) is 30.6. The van der Waals surface area contributed by atoms with Crippen molar-refractivity contribution in [3.63, 3.8) is 0 Å². The number of nitrogens with two attached hydrogens (primary N) is 1. The minimum atomic E-state index is -0.271. The fourth-order valence-corrected chi connectivity index (χ4v) is 5.67. The predicted molar refractivity (Wildman–Crippen MR) is 163 cm³/mol. The SMILES string of the molecule is NCCOCCOCCNC(=O)c1ccc(CNc2nc(NCc3ccc(F)cc3)nc(NC3CC4CCC3C4)n2)cc1. The van der Waals surface area contributed by atoms with Crippen molar-refractivity contribution < 1.29 is 18.7 Å². The first-order valence-corrected chi connectivity index (χ1v) is 15.0. The van der Waals surface area contributed by atoms with Crippen LogP contribution in [0, 0.1) is 17.7 Å². The number of benzene rings is 2. The Labute approximate surface area is 251 Å². The van der Waals surface area contributed by atoms with E-state index in [0.717, 1.165) is 23.5 Å². The van der Waals surface area contributed by atoms with Crippen LogP contribution < -0.4 is 27.0 Å². The first-order valence-electron chi connectivity index (χ1n) is 15.0. The zero-order valence-electron chi connectivity index (χ0n) is 24.4. The van der Waals surface area contributed by atoms with Crippen molar-refractivity contribution in [3.8, 4) is 0 Å². The van der Waals surface area contributed by atoms with Crippen molar-refractivity contribution in [1.29, 1.82) is 0 Å². The molecule has 3 unspecified atom stereocenters. The molecular formula is C31H41FN8O3. The van der Waals surface area contributed by atoms with Gasteiger partial charge in [0.05, 0.1) is 26.4 Å². The van der Waals surface area contributed by atoms with Crippen LogP contribution in [0.15, 0.2) is 48.5 Å². The molecule has 3 atom stereocenters. The van der Waals surface area contributed by atoms with Crippen LogP contribution in [0.5, 0.6) is 0 Å². The number of nitrogens with zero attached hydrogens (tertiary/aromatic N) is 3. The van der Waals surface area contributed by atoms with Crippen LogP contribution >= 0.6 is 0 Å². The number of amides is 1. The average molecular weight is 593 g/mol. The lowest BCUT2D eigenvalue weighted by molar-refractivity contribution is 0.0511. The van der Waals surface area contributed by atoms with Gasteiger partial charge in [-0.05, 0) is 66.5 Å². The molecule has 2 saturated carbocycles. The maximum atomic E-state index is 13.3. The third-order valence-electron chi connectivity index (χ3n) is 7.88. The monoisotopic (exact) mass is 592 g/mol. The quantitative estimate of drug-likeness (QED) is 0.147. The van der Waals surface area contributed by atoms with Gasteiger partial charge in [-0.25, -0.2) is 4.39 Å². The van der Waals surface area contributed by atoms with E-state index < -0.39 is 0 Å².